The van der Waals surface area contributed by atoms with E-state index in [2.05, 4.69) is 9.97 Å². The van der Waals surface area contributed by atoms with Gasteiger partial charge in [0.1, 0.15) is 11.5 Å². The Kier molecular flexibility index (Phi) is 8.21. The summed E-state index contributed by atoms with van der Waals surface area (Å²) in [5, 5.41) is 0.846. The number of aromatic nitrogens is 2. The lowest BCUT2D eigenvalue weighted by Crippen LogP contribution is -2.40. The Morgan fingerprint density at radius 2 is 1.67 bits per heavy atom. The number of hydrogen-bond acceptors (Lipinski definition) is 7. The molecule has 1 saturated heterocycles. The van der Waals surface area contributed by atoms with Crippen LogP contribution in [-0.4, -0.2) is 32.0 Å². The van der Waals surface area contributed by atoms with Gasteiger partial charge in [-0.05, 0) is 66.7 Å². The van der Waals surface area contributed by atoms with Crippen molar-refractivity contribution in [1.82, 2.24) is 14.9 Å². The molecule has 214 valence electrons. The van der Waals surface area contributed by atoms with Gasteiger partial charge in [-0.15, -0.1) is 0 Å². The van der Waals surface area contributed by atoms with Crippen molar-refractivity contribution in [1.29, 1.82) is 0 Å². The molecule has 0 radical (unpaired) electrons. The molecule has 0 atom stereocenters. The summed E-state index contributed by atoms with van der Waals surface area (Å²) >= 11 is 2.19. The third-order valence-electron chi connectivity index (χ3n) is 6.89. The molecule has 2 aromatic carbocycles. The van der Waals surface area contributed by atoms with Gasteiger partial charge in [-0.3, -0.25) is 9.69 Å². The smallest absolute Gasteiger partial charge is 0.433 e. The molecule has 6 nitrogen and oxygen atoms in total. The van der Waals surface area contributed by atoms with E-state index in [4.69, 9.17) is 9.41 Å². The molecule has 2 fully saturated rings. The number of amidine groups is 1. The molecule has 0 spiro atoms. The van der Waals surface area contributed by atoms with Crippen molar-refractivity contribution >= 4 is 46.4 Å². The first-order chi connectivity index (χ1) is 20.3. The van der Waals surface area contributed by atoms with Crippen LogP contribution >= 0.6 is 23.5 Å². The van der Waals surface area contributed by atoms with E-state index in [-0.39, 0.29) is 22.8 Å². The SMILES string of the molecule is O=C1/C(=C\c2ccc(Sc3nc(-c4ccccc4)cc(C(F)(F)F)n3)o2)SC(=Nc2ccccc2)N1C1CCCCC1. The van der Waals surface area contributed by atoms with Crippen LogP contribution in [0.5, 0.6) is 0 Å². The Bertz CT molecular complexity index is 1630. The molecule has 0 N–H and O–H groups in total. The minimum absolute atomic E-state index is 0.0895. The van der Waals surface area contributed by atoms with Crippen molar-refractivity contribution in [2.75, 3.05) is 0 Å². The van der Waals surface area contributed by atoms with E-state index in [0.717, 1.165) is 55.6 Å². The summed E-state index contributed by atoms with van der Waals surface area (Å²) in [5.74, 6) is 0.272. The van der Waals surface area contributed by atoms with Crippen molar-refractivity contribution < 1.29 is 22.4 Å². The van der Waals surface area contributed by atoms with Crippen molar-refractivity contribution in [3.8, 4) is 11.3 Å². The second-order valence-corrected chi connectivity index (χ2v) is 11.8. The number of carbonyl (C=O) groups excluding carboxylic acids is 1. The lowest BCUT2D eigenvalue weighted by Gasteiger charge is -2.30. The maximum atomic E-state index is 13.6. The summed E-state index contributed by atoms with van der Waals surface area (Å²) in [6.07, 6.45) is 2.17. The number of alkyl halides is 3. The maximum Gasteiger partial charge on any atom is 0.433 e. The molecule has 1 aliphatic carbocycles. The Hall–Kier alpha value is -3.83. The van der Waals surface area contributed by atoms with E-state index in [0.29, 0.717) is 26.5 Å². The van der Waals surface area contributed by atoms with Crippen molar-refractivity contribution in [3.63, 3.8) is 0 Å². The summed E-state index contributed by atoms with van der Waals surface area (Å²) in [6.45, 7) is 0. The lowest BCUT2D eigenvalue weighted by atomic mass is 9.94. The minimum atomic E-state index is -4.64. The first-order valence-electron chi connectivity index (χ1n) is 13.5. The molecule has 0 unspecified atom stereocenters. The van der Waals surface area contributed by atoms with E-state index in [9.17, 15) is 18.0 Å². The van der Waals surface area contributed by atoms with E-state index in [1.807, 2.05) is 35.2 Å². The van der Waals surface area contributed by atoms with Crippen LogP contribution in [0.4, 0.5) is 18.9 Å². The summed E-state index contributed by atoms with van der Waals surface area (Å²) in [7, 11) is 0. The summed E-state index contributed by atoms with van der Waals surface area (Å²) < 4.78 is 46.8. The van der Waals surface area contributed by atoms with Gasteiger partial charge < -0.3 is 4.42 Å². The lowest BCUT2D eigenvalue weighted by molar-refractivity contribution is -0.141. The van der Waals surface area contributed by atoms with E-state index in [1.165, 1.54) is 11.8 Å². The van der Waals surface area contributed by atoms with Crippen molar-refractivity contribution in [2.45, 2.75) is 54.6 Å². The predicted molar refractivity (Wildman–Crippen MR) is 158 cm³/mol. The number of benzene rings is 2. The molecule has 11 heteroatoms. The number of carbonyl (C=O) groups is 1. The predicted octanol–water partition coefficient (Wildman–Crippen LogP) is 8.84. The number of aliphatic imine (C=N–C) groups is 1. The van der Waals surface area contributed by atoms with Crippen molar-refractivity contribution in [3.05, 3.63) is 95.2 Å². The second kappa shape index (κ2) is 12.2. The molecular weight excluding hydrogens is 581 g/mol. The molecule has 0 bridgehead atoms. The monoisotopic (exact) mass is 606 g/mol. The van der Waals surface area contributed by atoms with E-state index in [1.54, 1.807) is 48.5 Å². The first-order valence-corrected chi connectivity index (χ1v) is 15.1. The quantitative estimate of drug-likeness (QED) is 0.161. The topological polar surface area (TPSA) is 71.6 Å². The zero-order chi connectivity index (χ0) is 29.1. The summed E-state index contributed by atoms with van der Waals surface area (Å²) in [5.41, 5.74) is 0.441. The molecule has 42 heavy (non-hydrogen) atoms. The maximum absolute atomic E-state index is 13.6. The average molecular weight is 607 g/mol. The fourth-order valence-corrected chi connectivity index (χ4v) is 6.68. The number of rotatable bonds is 6. The standard InChI is InChI=1S/C31H25F3N4O2S2/c32-31(33,34)26-19-24(20-10-4-1-5-11-20)36-29(37-26)42-27-17-16-23(40-27)18-25-28(39)38(22-14-8-3-9-15-22)30(41-25)35-21-12-6-2-7-13-21/h1-2,4-7,10-13,16-19,22H,3,8-9,14-15H2/b25-18+,35-30?. The highest BCUT2D eigenvalue weighted by molar-refractivity contribution is 8.18. The van der Waals surface area contributed by atoms with Gasteiger partial charge in [0, 0.05) is 17.7 Å². The van der Waals surface area contributed by atoms with Crippen LogP contribution in [0.15, 0.2) is 103 Å². The Morgan fingerprint density at radius 3 is 2.38 bits per heavy atom. The zero-order valence-electron chi connectivity index (χ0n) is 22.3. The molecule has 4 aromatic rings. The van der Waals surface area contributed by atoms with Crippen molar-refractivity contribution in [2.24, 2.45) is 4.99 Å². The van der Waals surface area contributed by atoms with Gasteiger partial charge in [0.05, 0.1) is 16.3 Å². The number of nitrogens with zero attached hydrogens (tertiary/aromatic N) is 4. The number of halogens is 3. The number of hydrogen-bond donors (Lipinski definition) is 0. The van der Waals surface area contributed by atoms with E-state index >= 15 is 0 Å². The zero-order valence-corrected chi connectivity index (χ0v) is 23.9. The molecule has 1 saturated carbocycles. The van der Waals surface area contributed by atoms with Gasteiger partial charge in [0.15, 0.2) is 15.4 Å². The first kappa shape index (κ1) is 28.3. The Morgan fingerprint density at radius 1 is 0.952 bits per heavy atom. The van der Waals surface area contributed by atoms with Crippen LogP contribution in [0.3, 0.4) is 0 Å². The molecule has 2 aromatic heterocycles. The van der Waals surface area contributed by atoms with Crippen LogP contribution in [0.1, 0.15) is 43.6 Å². The van der Waals surface area contributed by atoms with Gasteiger partial charge in [-0.2, -0.15) is 13.2 Å². The largest absolute Gasteiger partial charge is 0.450 e. The normalized spacial score (nSPS) is 18.4. The van der Waals surface area contributed by atoms with E-state index < -0.39 is 11.9 Å². The van der Waals surface area contributed by atoms with Crippen LogP contribution in [0.25, 0.3) is 17.3 Å². The third kappa shape index (κ3) is 6.47. The van der Waals surface area contributed by atoms with Gasteiger partial charge in [0.2, 0.25) is 0 Å². The molecular formula is C31H25F3N4O2S2. The summed E-state index contributed by atoms with van der Waals surface area (Å²) in [4.78, 5) is 28.7. The highest BCUT2D eigenvalue weighted by Crippen LogP contribution is 2.39. The van der Waals surface area contributed by atoms with Crippen LogP contribution in [0.2, 0.25) is 0 Å². The fourth-order valence-electron chi connectivity index (χ4n) is 4.90. The van der Waals surface area contributed by atoms with Crippen LogP contribution in [0, 0.1) is 0 Å². The van der Waals surface area contributed by atoms with Gasteiger partial charge in [-0.1, -0.05) is 67.8 Å². The minimum Gasteiger partial charge on any atom is -0.450 e. The summed E-state index contributed by atoms with van der Waals surface area (Å²) in [6, 6.07) is 22.5. The fraction of sp³-hybridized carbons (Fsp3) is 0.226. The van der Waals surface area contributed by atoms with Gasteiger partial charge in [0.25, 0.3) is 5.91 Å². The molecule has 1 amide bonds. The average Bonchev–Trinajstić information content (AvgIpc) is 3.56. The molecule has 6 rings (SSSR count). The van der Waals surface area contributed by atoms with Crippen LogP contribution < -0.4 is 0 Å². The second-order valence-electron chi connectivity index (χ2n) is 9.85. The Balaban J connectivity index is 1.27. The van der Waals surface area contributed by atoms with Gasteiger partial charge in [-0.25, -0.2) is 15.0 Å². The number of thioether (sulfide) groups is 1. The molecule has 1 aliphatic heterocycles. The highest BCUT2D eigenvalue weighted by atomic mass is 32.2. The number of para-hydroxylation sites is 1. The molecule has 3 heterocycles. The third-order valence-corrected chi connectivity index (χ3v) is 8.66. The van der Waals surface area contributed by atoms with Gasteiger partial charge >= 0.3 is 6.18 Å². The highest BCUT2D eigenvalue weighted by Gasteiger charge is 2.39. The number of amides is 1. The number of furan rings is 1. The Labute approximate surface area is 249 Å². The molecule has 2 aliphatic rings. The van der Waals surface area contributed by atoms with Crippen LogP contribution in [-0.2, 0) is 11.0 Å².